The number of nitrogens with one attached hydrogen (secondary N) is 2. The molecule has 0 aliphatic carbocycles. The molecule has 2 aromatic heterocycles. The number of pyridine rings is 1. The Morgan fingerprint density at radius 3 is 2.45 bits per heavy atom. The summed E-state index contributed by atoms with van der Waals surface area (Å²) >= 11 is 0. The van der Waals surface area contributed by atoms with E-state index < -0.39 is 0 Å². The van der Waals surface area contributed by atoms with E-state index in [2.05, 4.69) is 25.6 Å². The Morgan fingerprint density at radius 1 is 0.950 bits per heavy atom. The van der Waals surface area contributed by atoms with Gasteiger partial charge >= 0.3 is 0 Å². The van der Waals surface area contributed by atoms with Gasteiger partial charge in [-0.25, -0.2) is 4.98 Å². The highest BCUT2D eigenvalue weighted by atomic mass is 35.5. The van der Waals surface area contributed by atoms with Crippen LogP contribution < -0.4 is 10.6 Å². The van der Waals surface area contributed by atoms with Gasteiger partial charge in [0.05, 0.1) is 5.52 Å². The minimum atomic E-state index is 0. The molecule has 3 rings (SSSR count). The van der Waals surface area contributed by atoms with E-state index in [9.17, 15) is 0 Å². The van der Waals surface area contributed by atoms with Crippen LogP contribution in [0.1, 0.15) is 0 Å². The molecule has 0 fully saturated rings. The van der Waals surface area contributed by atoms with Gasteiger partial charge in [-0.15, -0.1) is 12.4 Å². The van der Waals surface area contributed by atoms with E-state index in [0.29, 0.717) is 5.95 Å². The number of anilines is 3. The molecule has 2 heterocycles. The molecule has 2 N–H and O–H groups in total. The third-order valence-electron chi connectivity index (χ3n) is 2.78. The molecule has 0 radical (unpaired) electrons. The van der Waals surface area contributed by atoms with Crippen LogP contribution in [0.4, 0.5) is 17.5 Å². The lowest BCUT2D eigenvalue weighted by Crippen LogP contribution is -2.01. The van der Waals surface area contributed by atoms with E-state index >= 15 is 0 Å². The highest BCUT2D eigenvalue weighted by Crippen LogP contribution is 2.22. The molecule has 0 saturated carbocycles. The molecule has 0 spiro atoms. The zero-order chi connectivity index (χ0) is 13.1. The largest absolute Gasteiger partial charge is 0.372 e. The molecule has 0 aliphatic heterocycles. The second kappa shape index (κ2) is 6.16. The maximum absolute atomic E-state index is 4.50. The number of rotatable bonds is 3. The van der Waals surface area contributed by atoms with E-state index in [-0.39, 0.29) is 12.4 Å². The smallest absolute Gasteiger partial charge is 0.229 e. The number of nitrogens with zero attached hydrogens (tertiary/aromatic N) is 3. The third-order valence-corrected chi connectivity index (χ3v) is 2.78. The number of para-hydroxylation sites is 1. The number of hydrogen-bond donors (Lipinski definition) is 2. The standard InChI is InChI=1S/C14H13N5.ClH/c1-15-13-11-4-2-3-5-12(11)18-14(19-13)17-10-6-8-16-9-7-10;/h2-9H,1H3,(H2,15,16,17,18,19);1H. The van der Waals surface area contributed by atoms with Gasteiger partial charge in [0, 0.05) is 30.5 Å². The summed E-state index contributed by atoms with van der Waals surface area (Å²) in [6.45, 7) is 0. The van der Waals surface area contributed by atoms with Gasteiger partial charge in [-0.05, 0) is 24.3 Å². The fourth-order valence-corrected chi connectivity index (χ4v) is 1.89. The average molecular weight is 288 g/mol. The first-order chi connectivity index (χ1) is 9.36. The number of benzene rings is 1. The van der Waals surface area contributed by atoms with Crippen LogP contribution in [0.5, 0.6) is 0 Å². The first kappa shape index (κ1) is 14.0. The summed E-state index contributed by atoms with van der Waals surface area (Å²) in [5.74, 6) is 1.37. The monoisotopic (exact) mass is 287 g/mol. The average Bonchev–Trinajstić information content (AvgIpc) is 2.47. The van der Waals surface area contributed by atoms with Crippen molar-refractivity contribution in [1.29, 1.82) is 0 Å². The zero-order valence-corrected chi connectivity index (χ0v) is 11.7. The molecule has 3 aromatic rings. The van der Waals surface area contributed by atoms with Crippen LogP contribution in [0.25, 0.3) is 10.9 Å². The molecule has 0 unspecified atom stereocenters. The van der Waals surface area contributed by atoms with Crippen LogP contribution in [-0.4, -0.2) is 22.0 Å². The summed E-state index contributed by atoms with van der Waals surface area (Å²) in [5.41, 5.74) is 1.81. The van der Waals surface area contributed by atoms with Crippen LogP contribution in [0.2, 0.25) is 0 Å². The van der Waals surface area contributed by atoms with Gasteiger partial charge < -0.3 is 10.6 Å². The Bertz CT molecular complexity index is 702. The van der Waals surface area contributed by atoms with Crippen molar-refractivity contribution in [3.05, 3.63) is 48.8 Å². The van der Waals surface area contributed by atoms with Gasteiger partial charge in [-0.1, -0.05) is 12.1 Å². The van der Waals surface area contributed by atoms with E-state index in [4.69, 9.17) is 0 Å². The molecule has 0 amide bonds. The molecule has 0 aliphatic rings. The SMILES string of the molecule is CNc1nc(Nc2ccncc2)nc2ccccc12.Cl. The Kier molecular flexibility index (Phi) is 4.32. The normalized spacial score (nSPS) is 9.85. The molecule has 0 saturated heterocycles. The first-order valence-electron chi connectivity index (χ1n) is 5.98. The quantitative estimate of drug-likeness (QED) is 0.774. The lowest BCUT2D eigenvalue weighted by Gasteiger charge is -2.09. The maximum atomic E-state index is 4.50. The first-order valence-corrected chi connectivity index (χ1v) is 5.98. The summed E-state index contributed by atoms with van der Waals surface area (Å²) in [4.78, 5) is 12.9. The maximum Gasteiger partial charge on any atom is 0.229 e. The summed E-state index contributed by atoms with van der Waals surface area (Å²) in [7, 11) is 1.85. The van der Waals surface area contributed by atoms with Crippen molar-refractivity contribution in [3.8, 4) is 0 Å². The molecular weight excluding hydrogens is 274 g/mol. The molecule has 6 heteroatoms. The van der Waals surface area contributed by atoms with Gasteiger partial charge in [0.2, 0.25) is 5.95 Å². The fraction of sp³-hybridized carbons (Fsp3) is 0.0714. The Hall–Kier alpha value is -2.40. The fourth-order valence-electron chi connectivity index (χ4n) is 1.89. The Morgan fingerprint density at radius 2 is 1.70 bits per heavy atom. The highest BCUT2D eigenvalue weighted by molar-refractivity contribution is 5.90. The molecule has 0 bridgehead atoms. The van der Waals surface area contributed by atoms with E-state index in [1.54, 1.807) is 12.4 Å². The van der Waals surface area contributed by atoms with E-state index in [1.807, 2.05) is 43.4 Å². The predicted octanol–water partition coefficient (Wildman–Crippen LogP) is 3.23. The molecule has 102 valence electrons. The van der Waals surface area contributed by atoms with Gasteiger partial charge in [0.1, 0.15) is 5.82 Å². The van der Waals surface area contributed by atoms with Gasteiger partial charge in [-0.3, -0.25) is 4.98 Å². The third kappa shape index (κ3) is 2.78. The number of fused-ring (bicyclic) bond motifs is 1. The highest BCUT2D eigenvalue weighted by Gasteiger charge is 2.05. The molecule has 1 aromatic carbocycles. The van der Waals surface area contributed by atoms with Crippen molar-refractivity contribution >= 4 is 40.8 Å². The van der Waals surface area contributed by atoms with Crippen LogP contribution in [-0.2, 0) is 0 Å². The van der Waals surface area contributed by atoms with Crippen molar-refractivity contribution in [2.75, 3.05) is 17.7 Å². The van der Waals surface area contributed by atoms with E-state index in [0.717, 1.165) is 22.4 Å². The van der Waals surface area contributed by atoms with Crippen LogP contribution in [0.15, 0.2) is 48.8 Å². The minimum Gasteiger partial charge on any atom is -0.372 e. The lowest BCUT2D eigenvalue weighted by molar-refractivity contribution is 1.20. The predicted molar refractivity (Wildman–Crippen MR) is 83.9 cm³/mol. The van der Waals surface area contributed by atoms with Gasteiger partial charge in [0.15, 0.2) is 0 Å². The number of aromatic nitrogens is 3. The summed E-state index contributed by atoms with van der Waals surface area (Å²) < 4.78 is 0. The van der Waals surface area contributed by atoms with Gasteiger partial charge in [0.25, 0.3) is 0 Å². The van der Waals surface area contributed by atoms with Crippen molar-refractivity contribution in [3.63, 3.8) is 0 Å². The van der Waals surface area contributed by atoms with Crippen molar-refractivity contribution < 1.29 is 0 Å². The van der Waals surface area contributed by atoms with Crippen molar-refractivity contribution in [2.24, 2.45) is 0 Å². The van der Waals surface area contributed by atoms with Crippen LogP contribution in [0.3, 0.4) is 0 Å². The Labute approximate surface area is 122 Å². The molecule has 5 nitrogen and oxygen atoms in total. The minimum absolute atomic E-state index is 0. The summed E-state index contributed by atoms with van der Waals surface area (Å²) in [6, 6.07) is 11.6. The lowest BCUT2D eigenvalue weighted by atomic mass is 10.2. The van der Waals surface area contributed by atoms with Crippen LogP contribution >= 0.6 is 12.4 Å². The molecule has 20 heavy (non-hydrogen) atoms. The molecular formula is C14H14ClN5. The molecule has 0 atom stereocenters. The summed E-state index contributed by atoms with van der Waals surface area (Å²) in [5, 5.41) is 7.27. The van der Waals surface area contributed by atoms with Crippen molar-refractivity contribution in [2.45, 2.75) is 0 Å². The Balaban J connectivity index is 0.00000147. The second-order valence-electron chi connectivity index (χ2n) is 4.02. The topological polar surface area (TPSA) is 62.7 Å². The van der Waals surface area contributed by atoms with Crippen molar-refractivity contribution in [1.82, 2.24) is 15.0 Å². The van der Waals surface area contributed by atoms with Gasteiger partial charge in [-0.2, -0.15) is 4.98 Å². The zero-order valence-electron chi connectivity index (χ0n) is 10.9. The van der Waals surface area contributed by atoms with Crippen LogP contribution in [0, 0.1) is 0 Å². The number of halogens is 1. The second-order valence-corrected chi connectivity index (χ2v) is 4.02. The van der Waals surface area contributed by atoms with E-state index in [1.165, 1.54) is 0 Å². The number of hydrogen-bond acceptors (Lipinski definition) is 5. The summed E-state index contributed by atoms with van der Waals surface area (Å²) in [6.07, 6.45) is 3.45.